The van der Waals surface area contributed by atoms with Gasteiger partial charge in [0.1, 0.15) is 0 Å². The van der Waals surface area contributed by atoms with Crippen LogP contribution in [-0.4, -0.2) is 57.2 Å². The van der Waals surface area contributed by atoms with Crippen LogP contribution in [0.2, 0.25) is 0 Å². The monoisotopic (exact) mass is 204 g/mol. The van der Waals surface area contributed by atoms with Gasteiger partial charge in [-0.25, -0.2) is 0 Å². The van der Waals surface area contributed by atoms with Crippen LogP contribution in [0.15, 0.2) is 22.8 Å². The molecule has 0 spiro atoms. The molecule has 0 bridgehead atoms. The Bertz CT molecular complexity index is 206. The van der Waals surface area contributed by atoms with Crippen molar-refractivity contribution < 1.29 is 26.4 Å². The third-order valence-corrected chi connectivity index (χ3v) is 1.06. The van der Waals surface area contributed by atoms with Crippen LogP contribution in [0.25, 0.3) is 0 Å². The molecule has 7 heteroatoms. The van der Waals surface area contributed by atoms with E-state index in [1.807, 2.05) is 0 Å². The van der Waals surface area contributed by atoms with E-state index in [0.29, 0.717) is 0 Å². The molecule has 0 aliphatic carbocycles. The summed E-state index contributed by atoms with van der Waals surface area (Å²) in [6.45, 7) is 0. The van der Waals surface area contributed by atoms with Gasteiger partial charge in [-0.3, -0.25) is 4.46 Å². The van der Waals surface area contributed by atoms with Crippen molar-refractivity contribution in [1.29, 1.82) is 0 Å². The Morgan fingerprint density at radius 3 is 2.73 bits per heavy atom. The van der Waals surface area contributed by atoms with Crippen molar-refractivity contribution in [3.05, 3.63) is 18.4 Å². The van der Waals surface area contributed by atoms with Crippen LogP contribution < -0.4 is 4.43 Å². The second-order valence-corrected chi connectivity index (χ2v) is 2.04. The molecule has 0 aliphatic rings. The number of hydrogen-bond acceptors (Lipinski definition) is 3. The van der Waals surface area contributed by atoms with Crippen molar-refractivity contribution in [3.8, 4) is 5.95 Å². The normalized spacial score (nSPS) is 7.27. The molecular weight excluding hydrogens is 196 g/mol. The molecule has 0 aromatic carbocycles. The van der Waals surface area contributed by atoms with Crippen molar-refractivity contribution in [3.63, 3.8) is 0 Å². The summed E-state index contributed by atoms with van der Waals surface area (Å²) in [5.74, 6) is 0.0707. The molecule has 0 fully saturated rings. The first-order valence-electron chi connectivity index (χ1n) is 2.23. The van der Waals surface area contributed by atoms with Crippen LogP contribution in [0.4, 0.5) is 0 Å². The molecule has 0 amide bonds. The summed E-state index contributed by atoms with van der Waals surface area (Å²) in [5, 5.41) is 0. The summed E-state index contributed by atoms with van der Waals surface area (Å²) in [7, 11) is -2.90. The van der Waals surface area contributed by atoms with Crippen molar-refractivity contribution in [2.24, 2.45) is 0 Å². The molecule has 0 aliphatic heterocycles. The maximum absolute atomic E-state index is 9.97. The molecule has 0 atom stereocenters. The Morgan fingerprint density at radius 2 is 2.36 bits per heavy atom. The summed E-state index contributed by atoms with van der Waals surface area (Å²) >= 11 is 0. The van der Waals surface area contributed by atoms with Crippen molar-refractivity contribution >= 4 is 46.9 Å². The predicted molar refractivity (Wildman–Crippen MR) is 39.6 cm³/mol. The zero-order valence-corrected chi connectivity index (χ0v) is 8.82. The third kappa shape index (κ3) is 5.39. The van der Waals surface area contributed by atoms with Crippen molar-refractivity contribution in [2.75, 3.05) is 0 Å². The standard InChI is InChI=1S/C4H4O4Si.Ca.H2O.2H/c5-9(6)8-4-2-1-3-7-4;;;;/h1-3,5H;;1H2;;/q;+2;;2*-1. The fraction of sp³-hybridized carbons (Fsp3) is 0. The van der Waals surface area contributed by atoms with Crippen LogP contribution in [0.3, 0.4) is 0 Å². The van der Waals surface area contributed by atoms with Gasteiger partial charge in [0.05, 0.1) is 6.26 Å². The van der Waals surface area contributed by atoms with E-state index in [0.717, 1.165) is 0 Å². The van der Waals surface area contributed by atoms with E-state index in [-0.39, 0.29) is 52.0 Å². The van der Waals surface area contributed by atoms with Gasteiger partial charge in [-0.1, -0.05) is 0 Å². The molecule has 60 valence electrons. The molecule has 3 N–H and O–H groups in total. The van der Waals surface area contributed by atoms with E-state index in [4.69, 9.17) is 4.80 Å². The first-order chi connectivity index (χ1) is 4.29. The van der Waals surface area contributed by atoms with E-state index in [9.17, 15) is 4.46 Å². The summed E-state index contributed by atoms with van der Waals surface area (Å²) in [4.78, 5) is 8.19. The van der Waals surface area contributed by atoms with E-state index >= 15 is 0 Å². The van der Waals surface area contributed by atoms with Gasteiger partial charge in [0.2, 0.25) is 0 Å². The van der Waals surface area contributed by atoms with Gasteiger partial charge in [-0.15, -0.1) is 0 Å². The van der Waals surface area contributed by atoms with Gasteiger partial charge in [-0.05, 0) is 6.07 Å². The fourth-order valence-electron chi connectivity index (χ4n) is 0.408. The van der Waals surface area contributed by atoms with Crippen molar-refractivity contribution in [2.45, 2.75) is 0 Å². The van der Waals surface area contributed by atoms with Gasteiger partial charge in [0.15, 0.2) is 0 Å². The van der Waals surface area contributed by atoms with Gasteiger partial charge < -0.3 is 22.0 Å². The Balaban J connectivity index is -0.000000101. The van der Waals surface area contributed by atoms with Crippen LogP contribution in [0.1, 0.15) is 2.85 Å². The maximum atomic E-state index is 9.97. The number of furan rings is 1. The summed E-state index contributed by atoms with van der Waals surface area (Å²) in [5.41, 5.74) is 0. The smallest absolute Gasteiger partial charge is 1.00 e. The van der Waals surface area contributed by atoms with Gasteiger partial charge in [0.25, 0.3) is 5.95 Å². The molecule has 11 heavy (non-hydrogen) atoms. The van der Waals surface area contributed by atoms with Crippen LogP contribution in [0.5, 0.6) is 5.95 Å². The third-order valence-electron chi connectivity index (χ3n) is 0.683. The molecule has 0 saturated heterocycles. The van der Waals surface area contributed by atoms with Crippen molar-refractivity contribution in [1.82, 2.24) is 0 Å². The van der Waals surface area contributed by atoms with Crippen LogP contribution >= 0.6 is 0 Å². The fourth-order valence-corrected chi connectivity index (χ4v) is 0.696. The minimum absolute atomic E-state index is 0. The Labute approximate surface area is 97.2 Å². The summed E-state index contributed by atoms with van der Waals surface area (Å²) < 4.78 is 18.8. The molecule has 1 aromatic rings. The zero-order valence-electron chi connectivity index (χ0n) is 7.61. The number of rotatable bonds is 2. The minimum Gasteiger partial charge on any atom is -1.00 e. The minimum atomic E-state index is -2.90. The Kier molecular flexibility index (Phi) is 8.47. The molecule has 0 radical (unpaired) electrons. The predicted octanol–water partition coefficient (Wildman–Crippen LogP) is -0.914. The summed E-state index contributed by atoms with van der Waals surface area (Å²) in [6, 6.07) is 3.03. The van der Waals surface area contributed by atoms with Crippen LogP contribution in [0, 0.1) is 0 Å². The summed E-state index contributed by atoms with van der Waals surface area (Å²) in [6.07, 6.45) is 1.36. The molecule has 1 rings (SSSR count). The average Bonchev–Trinajstić information content (AvgIpc) is 2.15. The zero-order chi connectivity index (χ0) is 6.69. The first kappa shape index (κ1) is 13.7. The molecule has 0 unspecified atom stereocenters. The second kappa shape index (κ2) is 6.80. The second-order valence-electron chi connectivity index (χ2n) is 1.30. The number of hydrogen-bond donors (Lipinski definition) is 1. The average molecular weight is 204 g/mol. The Hall–Kier alpha value is 0.117. The van der Waals surface area contributed by atoms with E-state index in [1.165, 1.54) is 12.3 Å². The molecule has 1 aromatic heterocycles. The largest absolute Gasteiger partial charge is 2.00 e. The maximum Gasteiger partial charge on any atom is 2.00 e. The quantitative estimate of drug-likeness (QED) is 0.631. The van der Waals surface area contributed by atoms with E-state index in [1.54, 1.807) is 6.07 Å². The topological polar surface area (TPSA) is 91.2 Å². The first-order valence-corrected chi connectivity index (χ1v) is 3.49. The van der Waals surface area contributed by atoms with Gasteiger partial charge >= 0.3 is 46.9 Å². The molecule has 1 heterocycles. The molecule has 0 saturated carbocycles. The molecular formula is C4H8CaO5Si. The SMILES string of the molecule is O.O=[Si](O)Oc1ccco1.[Ca+2].[H-].[H-]. The van der Waals surface area contributed by atoms with E-state index in [2.05, 4.69) is 8.84 Å². The van der Waals surface area contributed by atoms with Gasteiger partial charge in [-0.2, -0.15) is 0 Å². The van der Waals surface area contributed by atoms with Crippen LogP contribution in [-0.2, 0) is 4.46 Å². The van der Waals surface area contributed by atoms with E-state index < -0.39 is 9.17 Å². The molecule has 5 nitrogen and oxygen atoms in total. The Morgan fingerprint density at radius 1 is 1.73 bits per heavy atom. The van der Waals surface area contributed by atoms with Gasteiger partial charge in [0, 0.05) is 6.07 Å².